The number of rotatable bonds is 6. The summed E-state index contributed by atoms with van der Waals surface area (Å²) < 4.78 is 49.0. The molecule has 9 heteroatoms. The van der Waals surface area contributed by atoms with Gasteiger partial charge in [-0.2, -0.15) is 13.2 Å². The summed E-state index contributed by atoms with van der Waals surface area (Å²) in [6.45, 7) is 2.86. The van der Waals surface area contributed by atoms with Crippen LogP contribution < -0.4 is 9.47 Å². The van der Waals surface area contributed by atoms with Crippen molar-refractivity contribution in [2.24, 2.45) is 0 Å². The summed E-state index contributed by atoms with van der Waals surface area (Å²) >= 11 is -0.252. The molecule has 2 aromatic carbocycles. The lowest BCUT2D eigenvalue weighted by atomic mass is 10.1. The Bertz CT molecular complexity index is 884. The third kappa shape index (κ3) is 5.60. The van der Waals surface area contributed by atoms with E-state index in [1.165, 1.54) is 18.2 Å². The minimum atomic E-state index is -4.44. The summed E-state index contributed by atoms with van der Waals surface area (Å²) in [5, 5.41) is 0. The van der Waals surface area contributed by atoms with Gasteiger partial charge in [0.2, 0.25) is 0 Å². The average Bonchev–Trinajstić information content (AvgIpc) is 2.73. The lowest BCUT2D eigenvalue weighted by Crippen LogP contribution is -2.48. The fraction of sp³-hybridized carbons (Fsp3) is 0.381. The van der Waals surface area contributed by atoms with Gasteiger partial charge in [-0.05, 0) is 41.6 Å². The first-order chi connectivity index (χ1) is 14.3. The maximum absolute atomic E-state index is 12.8. The summed E-state index contributed by atoms with van der Waals surface area (Å²) in [5.74, 6) is 0.947. The van der Waals surface area contributed by atoms with Gasteiger partial charge in [0.05, 0.1) is 19.8 Å². The Morgan fingerprint density at radius 2 is 1.67 bits per heavy atom. The van der Waals surface area contributed by atoms with Gasteiger partial charge in [-0.3, -0.25) is 9.69 Å². The summed E-state index contributed by atoms with van der Waals surface area (Å²) in [5.41, 5.74) is -3.29. The Morgan fingerprint density at radius 1 is 1.00 bits per heavy atom. The topological polar surface area (TPSA) is 42.0 Å². The highest BCUT2D eigenvalue weighted by molar-refractivity contribution is 8.00. The van der Waals surface area contributed by atoms with Gasteiger partial charge in [-0.1, -0.05) is 18.2 Å². The second-order valence-electron chi connectivity index (χ2n) is 6.80. The van der Waals surface area contributed by atoms with Gasteiger partial charge >= 0.3 is 5.51 Å². The molecule has 5 nitrogen and oxygen atoms in total. The van der Waals surface area contributed by atoms with Crippen molar-refractivity contribution in [2.75, 3.05) is 40.4 Å². The summed E-state index contributed by atoms with van der Waals surface area (Å²) in [6.07, 6.45) is 0. The Balaban J connectivity index is 1.62. The number of carbonyl (C=O) groups is 1. The molecule has 1 amide bonds. The number of carbonyl (C=O) groups excluding carboxylic acids is 1. The van der Waals surface area contributed by atoms with Crippen LogP contribution in [-0.2, 0) is 6.54 Å². The minimum Gasteiger partial charge on any atom is -0.493 e. The highest BCUT2D eigenvalue weighted by atomic mass is 32.2. The van der Waals surface area contributed by atoms with E-state index < -0.39 is 5.51 Å². The highest BCUT2D eigenvalue weighted by Gasteiger charge is 2.32. The van der Waals surface area contributed by atoms with E-state index in [2.05, 4.69) is 4.90 Å². The molecule has 0 aromatic heterocycles. The number of benzene rings is 2. The Kier molecular flexibility index (Phi) is 7.14. The van der Waals surface area contributed by atoms with Gasteiger partial charge in [0, 0.05) is 37.6 Å². The van der Waals surface area contributed by atoms with Crippen LogP contribution in [0.2, 0.25) is 0 Å². The molecule has 3 rings (SSSR count). The van der Waals surface area contributed by atoms with Crippen molar-refractivity contribution >= 4 is 17.7 Å². The standard InChI is InChI=1S/C21H23F3N2O3S/c1-28-17-8-7-15(13-18(17)29-2)14-25-9-11-26(12-10-25)20(27)16-5-3-4-6-19(16)30-21(22,23)24/h3-8,13H,9-12,14H2,1-2H3. The fourth-order valence-corrected chi connectivity index (χ4v) is 4.03. The van der Waals surface area contributed by atoms with Crippen molar-refractivity contribution in [3.8, 4) is 11.5 Å². The minimum absolute atomic E-state index is 0.0669. The van der Waals surface area contributed by atoms with E-state index >= 15 is 0 Å². The first-order valence-electron chi connectivity index (χ1n) is 9.38. The van der Waals surface area contributed by atoms with Crippen LogP contribution in [0.5, 0.6) is 11.5 Å². The van der Waals surface area contributed by atoms with Gasteiger partial charge in [-0.25, -0.2) is 0 Å². The largest absolute Gasteiger partial charge is 0.493 e. The van der Waals surface area contributed by atoms with Crippen molar-refractivity contribution in [3.05, 3.63) is 53.6 Å². The predicted octanol–water partition coefficient (Wildman–Crippen LogP) is 4.27. The lowest BCUT2D eigenvalue weighted by molar-refractivity contribution is -0.0328. The molecule has 0 bridgehead atoms. The first-order valence-corrected chi connectivity index (χ1v) is 10.2. The van der Waals surface area contributed by atoms with Crippen LogP contribution >= 0.6 is 11.8 Å². The van der Waals surface area contributed by atoms with Crippen LogP contribution in [0.1, 0.15) is 15.9 Å². The number of alkyl halides is 3. The smallest absolute Gasteiger partial charge is 0.446 e. The van der Waals surface area contributed by atoms with Crippen LogP contribution in [0.3, 0.4) is 0 Å². The van der Waals surface area contributed by atoms with E-state index in [1.807, 2.05) is 18.2 Å². The number of ether oxygens (including phenoxy) is 2. The zero-order chi connectivity index (χ0) is 21.7. The van der Waals surface area contributed by atoms with Crippen molar-refractivity contribution in [1.82, 2.24) is 9.80 Å². The number of nitrogens with zero attached hydrogens (tertiary/aromatic N) is 2. The summed E-state index contributed by atoms with van der Waals surface area (Å²) in [6, 6.07) is 11.6. The van der Waals surface area contributed by atoms with Crippen LogP contribution in [0, 0.1) is 0 Å². The molecule has 0 saturated carbocycles. The number of piperazine rings is 1. The first kappa shape index (κ1) is 22.3. The molecule has 1 saturated heterocycles. The lowest BCUT2D eigenvalue weighted by Gasteiger charge is -2.35. The SMILES string of the molecule is COc1ccc(CN2CCN(C(=O)c3ccccc3SC(F)(F)F)CC2)cc1OC. The molecule has 162 valence electrons. The molecule has 1 aliphatic rings. The number of thioether (sulfide) groups is 1. The number of halogens is 3. The van der Waals surface area contributed by atoms with Gasteiger partial charge < -0.3 is 14.4 Å². The molecular weight excluding hydrogens is 417 g/mol. The van der Waals surface area contributed by atoms with Crippen molar-refractivity contribution < 1.29 is 27.4 Å². The highest BCUT2D eigenvalue weighted by Crippen LogP contribution is 2.38. The third-order valence-corrected chi connectivity index (χ3v) is 5.66. The second kappa shape index (κ2) is 9.61. The van der Waals surface area contributed by atoms with Crippen molar-refractivity contribution in [3.63, 3.8) is 0 Å². The molecule has 0 aliphatic carbocycles. The number of amides is 1. The Morgan fingerprint density at radius 3 is 2.30 bits per heavy atom. The van der Waals surface area contributed by atoms with Gasteiger partial charge in [0.1, 0.15) is 0 Å². The molecule has 0 radical (unpaired) electrons. The van der Waals surface area contributed by atoms with Crippen LogP contribution in [0.25, 0.3) is 0 Å². The molecule has 0 unspecified atom stereocenters. The van der Waals surface area contributed by atoms with Crippen LogP contribution in [0.4, 0.5) is 13.2 Å². The fourth-order valence-electron chi connectivity index (χ4n) is 3.37. The molecule has 0 atom stereocenters. The molecule has 0 N–H and O–H groups in total. The van der Waals surface area contributed by atoms with Crippen molar-refractivity contribution in [2.45, 2.75) is 16.9 Å². The van der Waals surface area contributed by atoms with E-state index in [-0.39, 0.29) is 28.1 Å². The maximum Gasteiger partial charge on any atom is 0.446 e. The molecule has 1 aliphatic heterocycles. The van der Waals surface area contributed by atoms with Crippen LogP contribution in [0.15, 0.2) is 47.4 Å². The average molecular weight is 440 g/mol. The predicted molar refractivity (Wildman–Crippen MR) is 109 cm³/mol. The molecular formula is C21H23F3N2O3S. The molecule has 1 heterocycles. The molecule has 1 fully saturated rings. The molecule has 2 aromatic rings. The third-order valence-electron chi connectivity index (χ3n) is 4.86. The van der Waals surface area contributed by atoms with Gasteiger partial charge in [0.15, 0.2) is 11.5 Å². The number of hydrogen-bond donors (Lipinski definition) is 0. The molecule has 30 heavy (non-hydrogen) atoms. The second-order valence-corrected chi connectivity index (χ2v) is 7.91. The zero-order valence-electron chi connectivity index (χ0n) is 16.7. The number of methoxy groups -OCH3 is 2. The van der Waals surface area contributed by atoms with E-state index in [1.54, 1.807) is 25.2 Å². The van der Waals surface area contributed by atoms with E-state index in [4.69, 9.17) is 9.47 Å². The van der Waals surface area contributed by atoms with Crippen molar-refractivity contribution in [1.29, 1.82) is 0 Å². The maximum atomic E-state index is 12.8. The summed E-state index contributed by atoms with van der Waals surface area (Å²) in [7, 11) is 3.17. The quantitative estimate of drug-likeness (QED) is 0.628. The monoisotopic (exact) mass is 440 g/mol. The van der Waals surface area contributed by atoms with Crippen LogP contribution in [-0.4, -0.2) is 61.6 Å². The van der Waals surface area contributed by atoms with E-state index in [0.717, 1.165) is 5.56 Å². The normalized spacial score (nSPS) is 15.2. The zero-order valence-corrected chi connectivity index (χ0v) is 17.6. The van der Waals surface area contributed by atoms with E-state index in [9.17, 15) is 18.0 Å². The summed E-state index contributed by atoms with van der Waals surface area (Å²) in [4.78, 5) is 16.6. The van der Waals surface area contributed by atoms with Gasteiger partial charge in [0.25, 0.3) is 5.91 Å². The number of hydrogen-bond acceptors (Lipinski definition) is 5. The van der Waals surface area contributed by atoms with E-state index in [0.29, 0.717) is 44.2 Å². The van der Waals surface area contributed by atoms with Gasteiger partial charge in [-0.15, -0.1) is 0 Å². The Hall–Kier alpha value is -2.39. The Labute approximate surface area is 177 Å². The molecule has 0 spiro atoms.